The molecule has 7 nitrogen and oxygen atoms in total. The summed E-state index contributed by atoms with van der Waals surface area (Å²) in [5.74, 6) is 0.943. The van der Waals surface area contributed by atoms with Gasteiger partial charge in [-0.25, -0.2) is 9.67 Å². The molecule has 5 rings (SSSR count). The molecule has 1 aliphatic carbocycles. The summed E-state index contributed by atoms with van der Waals surface area (Å²) in [6.45, 7) is 0.334. The third-order valence-corrected chi connectivity index (χ3v) is 6.69. The molecule has 2 amide bonds. The molecule has 1 aromatic carbocycles. The fraction of sp³-hybridized carbons (Fsp3) is 0.360. The van der Waals surface area contributed by atoms with Crippen molar-refractivity contribution >= 4 is 11.8 Å². The monoisotopic (exact) mass is 429 g/mol. The molecule has 2 aromatic heterocycles. The second-order valence-corrected chi connectivity index (χ2v) is 8.60. The second-order valence-electron chi connectivity index (χ2n) is 8.60. The number of amides is 2. The lowest BCUT2D eigenvalue weighted by Gasteiger charge is -2.33. The molecule has 2 fully saturated rings. The molecule has 7 heteroatoms. The number of likely N-dealkylation sites (tertiary alicyclic amines) is 1. The number of hydrogen-bond donors (Lipinski definition) is 1. The van der Waals surface area contributed by atoms with Gasteiger partial charge in [0.15, 0.2) is 5.82 Å². The lowest BCUT2D eigenvalue weighted by molar-refractivity contribution is -0.125. The van der Waals surface area contributed by atoms with Crippen molar-refractivity contribution in [3.05, 3.63) is 78.2 Å². The molecule has 1 aliphatic heterocycles. The molecule has 3 aromatic rings. The SMILES string of the molecule is O=C(NCc1cccnc1-n1cccn1)C1CC2CCCCC2N1C(=O)c1ccccc1. The van der Waals surface area contributed by atoms with Crippen molar-refractivity contribution in [2.45, 2.75) is 50.7 Å². The zero-order chi connectivity index (χ0) is 21.9. The molecule has 2 aliphatic rings. The minimum atomic E-state index is -0.444. The molecule has 1 saturated carbocycles. The summed E-state index contributed by atoms with van der Waals surface area (Å²) in [6.07, 6.45) is 10.3. The Kier molecular flexibility index (Phi) is 5.71. The van der Waals surface area contributed by atoms with Gasteiger partial charge < -0.3 is 10.2 Å². The van der Waals surface area contributed by atoms with E-state index >= 15 is 0 Å². The molecule has 32 heavy (non-hydrogen) atoms. The smallest absolute Gasteiger partial charge is 0.254 e. The van der Waals surface area contributed by atoms with Gasteiger partial charge in [-0.2, -0.15) is 5.10 Å². The summed E-state index contributed by atoms with van der Waals surface area (Å²) < 4.78 is 1.69. The van der Waals surface area contributed by atoms with E-state index in [0.29, 0.717) is 23.8 Å². The Morgan fingerprint density at radius 1 is 1.00 bits per heavy atom. The van der Waals surface area contributed by atoms with Crippen molar-refractivity contribution in [1.29, 1.82) is 0 Å². The van der Waals surface area contributed by atoms with Crippen LogP contribution in [0, 0.1) is 5.92 Å². The van der Waals surface area contributed by atoms with Gasteiger partial charge in [-0.3, -0.25) is 9.59 Å². The first kappa shape index (κ1) is 20.4. The maximum Gasteiger partial charge on any atom is 0.254 e. The van der Waals surface area contributed by atoms with Crippen LogP contribution >= 0.6 is 0 Å². The van der Waals surface area contributed by atoms with Crippen molar-refractivity contribution in [3.63, 3.8) is 0 Å². The lowest BCUT2D eigenvalue weighted by Crippen LogP contribution is -2.49. The molecule has 1 saturated heterocycles. The highest BCUT2D eigenvalue weighted by Crippen LogP contribution is 2.40. The summed E-state index contributed by atoms with van der Waals surface area (Å²) in [5, 5.41) is 7.33. The lowest BCUT2D eigenvalue weighted by atomic mass is 9.84. The third-order valence-electron chi connectivity index (χ3n) is 6.69. The summed E-state index contributed by atoms with van der Waals surface area (Å²) >= 11 is 0. The average molecular weight is 430 g/mol. The second kappa shape index (κ2) is 8.94. The molecular formula is C25H27N5O2. The number of carbonyl (C=O) groups excluding carboxylic acids is 2. The van der Waals surface area contributed by atoms with Crippen molar-refractivity contribution in [2.75, 3.05) is 0 Å². The van der Waals surface area contributed by atoms with Gasteiger partial charge in [-0.05, 0) is 49.4 Å². The van der Waals surface area contributed by atoms with E-state index < -0.39 is 6.04 Å². The fourth-order valence-corrected chi connectivity index (χ4v) is 5.18. The zero-order valence-corrected chi connectivity index (χ0v) is 17.9. The number of nitrogens with zero attached hydrogens (tertiary/aromatic N) is 4. The summed E-state index contributed by atoms with van der Waals surface area (Å²) in [5.41, 5.74) is 1.52. The van der Waals surface area contributed by atoms with Crippen LogP contribution in [-0.4, -0.2) is 43.6 Å². The van der Waals surface area contributed by atoms with Crippen LogP contribution in [0.15, 0.2) is 67.1 Å². The number of rotatable bonds is 5. The highest BCUT2D eigenvalue weighted by molar-refractivity contribution is 5.98. The van der Waals surface area contributed by atoms with Crippen molar-refractivity contribution in [2.24, 2.45) is 5.92 Å². The number of carbonyl (C=O) groups is 2. The summed E-state index contributed by atoms with van der Waals surface area (Å²) in [7, 11) is 0. The van der Waals surface area contributed by atoms with E-state index in [1.165, 1.54) is 6.42 Å². The Labute approximate surface area is 187 Å². The Hall–Kier alpha value is -3.48. The van der Waals surface area contributed by atoms with Crippen molar-refractivity contribution in [3.8, 4) is 5.82 Å². The molecule has 3 unspecified atom stereocenters. The van der Waals surface area contributed by atoms with Gasteiger partial charge >= 0.3 is 0 Å². The topological polar surface area (TPSA) is 80.1 Å². The standard InChI is InChI=1S/C25H27N5O2/c31-24(27-17-20-11-6-13-26-23(20)29-15-7-14-28-29)22-16-19-10-4-5-12-21(19)30(22)25(32)18-8-2-1-3-9-18/h1-3,6-9,11,13-15,19,21-22H,4-5,10,12,16-17H2,(H,27,31). The minimum absolute atomic E-state index is 0.0428. The predicted molar refractivity (Wildman–Crippen MR) is 120 cm³/mol. The van der Waals surface area contributed by atoms with E-state index in [1.807, 2.05) is 59.6 Å². The molecule has 0 spiro atoms. The molecular weight excluding hydrogens is 402 g/mol. The highest BCUT2D eigenvalue weighted by Gasteiger charge is 2.47. The quantitative estimate of drug-likeness (QED) is 0.675. The van der Waals surface area contributed by atoms with Crippen LogP contribution < -0.4 is 5.32 Å². The molecule has 3 atom stereocenters. The Bertz CT molecular complexity index is 1080. The summed E-state index contributed by atoms with van der Waals surface area (Å²) in [6, 6.07) is 14.6. The van der Waals surface area contributed by atoms with Crippen LogP contribution in [0.25, 0.3) is 5.82 Å². The Morgan fingerprint density at radius 3 is 2.66 bits per heavy atom. The minimum Gasteiger partial charge on any atom is -0.350 e. The average Bonchev–Trinajstić information content (AvgIpc) is 3.51. The number of benzene rings is 1. The Morgan fingerprint density at radius 2 is 1.84 bits per heavy atom. The van der Waals surface area contributed by atoms with E-state index in [1.54, 1.807) is 17.1 Å². The van der Waals surface area contributed by atoms with Gasteiger partial charge in [0.25, 0.3) is 5.91 Å². The number of fused-ring (bicyclic) bond motifs is 1. The first-order valence-electron chi connectivity index (χ1n) is 11.3. The maximum atomic E-state index is 13.4. The molecule has 3 heterocycles. The van der Waals surface area contributed by atoms with E-state index in [9.17, 15) is 9.59 Å². The van der Waals surface area contributed by atoms with E-state index in [-0.39, 0.29) is 17.9 Å². The van der Waals surface area contributed by atoms with Gasteiger partial charge in [-0.1, -0.05) is 37.1 Å². The van der Waals surface area contributed by atoms with Crippen LogP contribution in [0.5, 0.6) is 0 Å². The molecule has 0 radical (unpaired) electrons. The molecule has 1 N–H and O–H groups in total. The largest absolute Gasteiger partial charge is 0.350 e. The number of aromatic nitrogens is 3. The van der Waals surface area contributed by atoms with Gasteiger partial charge in [-0.15, -0.1) is 0 Å². The van der Waals surface area contributed by atoms with Gasteiger partial charge in [0, 0.05) is 42.3 Å². The third kappa shape index (κ3) is 3.90. The summed E-state index contributed by atoms with van der Waals surface area (Å²) in [4.78, 5) is 33.1. The first-order valence-corrected chi connectivity index (χ1v) is 11.3. The van der Waals surface area contributed by atoms with E-state index in [4.69, 9.17) is 0 Å². The van der Waals surface area contributed by atoms with Crippen LogP contribution in [0.3, 0.4) is 0 Å². The highest BCUT2D eigenvalue weighted by atomic mass is 16.2. The molecule has 164 valence electrons. The van der Waals surface area contributed by atoms with E-state index in [0.717, 1.165) is 31.2 Å². The Balaban J connectivity index is 1.36. The normalized spacial score (nSPS) is 22.4. The predicted octanol–water partition coefficient (Wildman–Crippen LogP) is 3.36. The van der Waals surface area contributed by atoms with Crippen LogP contribution in [-0.2, 0) is 11.3 Å². The molecule has 0 bridgehead atoms. The van der Waals surface area contributed by atoms with E-state index in [2.05, 4.69) is 15.4 Å². The number of hydrogen-bond acceptors (Lipinski definition) is 4. The van der Waals surface area contributed by atoms with Gasteiger partial charge in [0.05, 0.1) is 0 Å². The maximum absolute atomic E-state index is 13.4. The van der Waals surface area contributed by atoms with Gasteiger partial charge in [0.2, 0.25) is 5.91 Å². The van der Waals surface area contributed by atoms with Crippen LogP contribution in [0.4, 0.5) is 0 Å². The number of nitrogens with one attached hydrogen (secondary N) is 1. The van der Waals surface area contributed by atoms with Crippen molar-refractivity contribution in [1.82, 2.24) is 25.0 Å². The fourth-order valence-electron chi connectivity index (χ4n) is 5.18. The number of pyridine rings is 1. The van der Waals surface area contributed by atoms with Gasteiger partial charge in [0.1, 0.15) is 6.04 Å². The van der Waals surface area contributed by atoms with Crippen LogP contribution in [0.1, 0.15) is 48.0 Å². The van der Waals surface area contributed by atoms with Crippen molar-refractivity contribution < 1.29 is 9.59 Å². The van der Waals surface area contributed by atoms with Crippen LogP contribution in [0.2, 0.25) is 0 Å². The first-order chi connectivity index (χ1) is 15.7. The zero-order valence-electron chi connectivity index (χ0n) is 17.9.